The van der Waals surface area contributed by atoms with Crippen LogP contribution in [0.15, 0.2) is 4.79 Å². The quantitative estimate of drug-likeness (QED) is 0.764. The van der Waals surface area contributed by atoms with Gasteiger partial charge in [-0.2, -0.15) is 17.0 Å². The number of H-pyrrole nitrogens is 1. The number of thiophene rings is 1. The van der Waals surface area contributed by atoms with E-state index >= 15 is 0 Å². The molecule has 2 aliphatic heterocycles. The summed E-state index contributed by atoms with van der Waals surface area (Å²) in [7, 11) is -3.37. The lowest BCUT2D eigenvalue weighted by atomic mass is 10.2. The number of nitrogens with zero attached hydrogens (tertiary/aromatic N) is 4. The molecule has 0 bridgehead atoms. The van der Waals surface area contributed by atoms with E-state index in [0.717, 1.165) is 55.2 Å². The van der Waals surface area contributed by atoms with Gasteiger partial charge in [-0.25, -0.2) is 4.98 Å². The van der Waals surface area contributed by atoms with Crippen molar-refractivity contribution in [3.05, 3.63) is 26.6 Å². The molecule has 1 N–H and O–H groups in total. The summed E-state index contributed by atoms with van der Waals surface area (Å²) < 4.78 is 29.3. The summed E-state index contributed by atoms with van der Waals surface area (Å²) in [6, 6.07) is 0. The lowest BCUT2D eigenvalue weighted by Crippen LogP contribution is -2.53. The smallest absolute Gasteiger partial charge is 0.282 e. The van der Waals surface area contributed by atoms with Crippen molar-refractivity contribution in [2.45, 2.75) is 51.5 Å². The minimum absolute atomic E-state index is 0.0308. The third-order valence-corrected chi connectivity index (χ3v) is 9.77. The number of aryl methyl sites for hydroxylation is 2. The Morgan fingerprint density at radius 2 is 1.60 bits per heavy atom. The third-order valence-electron chi connectivity index (χ3n) is 6.55. The molecule has 2 aromatic heterocycles. The van der Waals surface area contributed by atoms with Crippen molar-refractivity contribution >= 4 is 31.8 Å². The fourth-order valence-electron chi connectivity index (χ4n) is 4.89. The summed E-state index contributed by atoms with van der Waals surface area (Å²) in [5.74, 6) is 0.677. The first-order valence-electron chi connectivity index (χ1n) is 11.0. The van der Waals surface area contributed by atoms with Gasteiger partial charge in [0.2, 0.25) is 0 Å². The highest BCUT2D eigenvalue weighted by molar-refractivity contribution is 7.86. The molecule has 0 aromatic carbocycles. The van der Waals surface area contributed by atoms with Crippen molar-refractivity contribution < 1.29 is 8.42 Å². The Morgan fingerprint density at radius 1 is 0.900 bits per heavy atom. The van der Waals surface area contributed by atoms with Crippen LogP contribution in [0.25, 0.3) is 10.2 Å². The molecular formula is C20H29N5O3S2. The summed E-state index contributed by atoms with van der Waals surface area (Å²) >= 11 is 1.66. The highest BCUT2D eigenvalue weighted by atomic mass is 32.2. The number of hydrogen-bond donors (Lipinski definition) is 1. The molecule has 0 atom stereocenters. The fraction of sp³-hybridized carbons (Fsp3) is 0.700. The second kappa shape index (κ2) is 8.31. The summed E-state index contributed by atoms with van der Waals surface area (Å²) in [6.45, 7) is 4.09. The number of aromatic nitrogens is 2. The van der Waals surface area contributed by atoms with Gasteiger partial charge < -0.3 is 4.98 Å². The van der Waals surface area contributed by atoms with Crippen molar-refractivity contribution in [3.8, 4) is 0 Å². The molecule has 4 heterocycles. The Hall–Kier alpha value is -1.33. The molecule has 30 heavy (non-hydrogen) atoms. The first-order valence-corrected chi connectivity index (χ1v) is 13.2. The lowest BCUT2D eigenvalue weighted by molar-refractivity contribution is 0.171. The van der Waals surface area contributed by atoms with Crippen LogP contribution in [-0.4, -0.2) is 71.2 Å². The number of piperazine rings is 1. The summed E-state index contributed by atoms with van der Waals surface area (Å²) in [5, 5.41) is 0.782. The molecule has 0 saturated carbocycles. The molecule has 0 amide bonds. The van der Waals surface area contributed by atoms with E-state index in [2.05, 4.69) is 9.88 Å². The van der Waals surface area contributed by atoms with Gasteiger partial charge in [-0.05, 0) is 37.7 Å². The zero-order chi connectivity index (χ0) is 20.7. The molecule has 164 valence electrons. The highest BCUT2D eigenvalue weighted by Crippen LogP contribution is 2.34. The molecule has 2 fully saturated rings. The Labute approximate surface area is 181 Å². The maximum Gasteiger partial charge on any atom is 0.282 e. The number of rotatable bonds is 4. The minimum atomic E-state index is -3.37. The summed E-state index contributed by atoms with van der Waals surface area (Å²) in [6.07, 6.45) is 7.29. The Kier molecular flexibility index (Phi) is 5.70. The van der Waals surface area contributed by atoms with Crippen LogP contribution in [0.4, 0.5) is 0 Å². The number of nitrogens with one attached hydrogen (secondary N) is 1. The van der Waals surface area contributed by atoms with Gasteiger partial charge in [0.05, 0.1) is 11.9 Å². The Morgan fingerprint density at radius 3 is 2.33 bits per heavy atom. The van der Waals surface area contributed by atoms with Crippen LogP contribution in [0.3, 0.4) is 0 Å². The second-order valence-electron chi connectivity index (χ2n) is 8.55. The van der Waals surface area contributed by atoms with Crippen LogP contribution in [0.1, 0.15) is 48.4 Å². The molecule has 5 rings (SSSR count). The lowest BCUT2D eigenvalue weighted by Gasteiger charge is -2.36. The number of aromatic amines is 1. The average molecular weight is 452 g/mol. The van der Waals surface area contributed by atoms with Crippen LogP contribution in [-0.2, 0) is 29.6 Å². The van der Waals surface area contributed by atoms with Gasteiger partial charge in [-0.1, -0.05) is 12.8 Å². The van der Waals surface area contributed by atoms with Crippen molar-refractivity contribution in [2.24, 2.45) is 0 Å². The van der Waals surface area contributed by atoms with Gasteiger partial charge in [-0.15, -0.1) is 11.3 Å². The standard InChI is InChI=1S/C20H29N5O3S2/c26-19-18-15-6-5-7-16(15)29-20(18)22-17(21-19)14-23-10-12-25(13-11-23)30(27,28)24-8-3-1-2-4-9-24/h1-14H2,(H,21,22,26). The van der Waals surface area contributed by atoms with Crippen molar-refractivity contribution in [3.63, 3.8) is 0 Å². The van der Waals surface area contributed by atoms with Crippen LogP contribution in [0.5, 0.6) is 0 Å². The zero-order valence-electron chi connectivity index (χ0n) is 17.2. The number of fused-ring (bicyclic) bond motifs is 3. The topological polar surface area (TPSA) is 89.6 Å². The van der Waals surface area contributed by atoms with E-state index in [1.54, 1.807) is 19.9 Å². The normalized spacial score (nSPS) is 22.4. The molecule has 2 aromatic rings. The SMILES string of the molecule is O=c1[nH]c(CN2CCN(S(=O)(=O)N3CCCCCC3)CC2)nc2sc3c(c12)CCC3. The van der Waals surface area contributed by atoms with Crippen molar-refractivity contribution in [1.29, 1.82) is 0 Å². The van der Waals surface area contributed by atoms with E-state index in [1.807, 2.05) is 0 Å². The Balaban J connectivity index is 1.25. The van der Waals surface area contributed by atoms with E-state index in [1.165, 1.54) is 10.4 Å². The zero-order valence-corrected chi connectivity index (χ0v) is 18.9. The van der Waals surface area contributed by atoms with Crippen molar-refractivity contribution in [2.75, 3.05) is 39.3 Å². The number of hydrogen-bond acceptors (Lipinski definition) is 6. The highest BCUT2D eigenvalue weighted by Gasteiger charge is 2.32. The minimum Gasteiger partial charge on any atom is -0.309 e. The van der Waals surface area contributed by atoms with Crippen LogP contribution < -0.4 is 5.56 Å². The molecule has 2 saturated heterocycles. The molecular weight excluding hydrogens is 422 g/mol. The maximum atomic E-state index is 13.0. The largest absolute Gasteiger partial charge is 0.309 e. The third kappa shape index (κ3) is 3.84. The second-order valence-corrected chi connectivity index (χ2v) is 11.6. The van der Waals surface area contributed by atoms with E-state index in [4.69, 9.17) is 4.98 Å². The van der Waals surface area contributed by atoms with Gasteiger partial charge in [0.1, 0.15) is 10.7 Å². The van der Waals surface area contributed by atoms with Gasteiger partial charge in [0.25, 0.3) is 15.8 Å². The van der Waals surface area contributed by atoms with E-state index in [9.17, 15) is 13.2 Å². The van der Waals surface area contributed by atoms with E-state index < -0.39 is 10.2 Å². The molecule has 3 aliphatic rings. The molecule has 0 spiro atoms. The van der Waals surface area contributed by atoms with Crippen LogP contribution in [0.2, 0.25) is 0 Å². The van der Waals surface area contributed by atoms with Gasteiger partial charge in [0, 0.05) is 44.1 Å². The van der Waals surface area contributed by atoms with Gasteiger partial charge in [-0.3, -0.25) is 9.69 Å². The molecule has 0 radical (unpaired) electrons. The van der Waals surface area contributed by atoms with Crippen LogP contribution in [0, 0.1) is 0 Å². The first kappa shape index (κ1) is 20.6. The van der Waals surface area contributed by atoms with Crippen molar-refractivity contribution in [1.82, 2.24) is 23.5 Å². The molecule has 8 nitrogen and oxygen atoms in total. The molecule has 1 aliphatic carbocycles. The van der Waals surface area contributed by atoms with Gasteiger partial charge in [0.15, 0.2) is 0 Å². The maximum absolute atomic E-state index is 13.0. The van der Waals surface area contributed by atoms with Crippen LogP contribution >= 0.6 is 11.3 Å². The van der Waals surface area contributed by atoms with E-state index in [-0.39, 0.29) is 5.56 Å². The van der Waals surface area contributed by atoms with E-state index in [0.29, 0.717) is 51.6 Å². The summed E-state index contributed by atoms with van der Waals surface area (Å²) in [4.78, 5) is 24.7. The predicted molar refractivity (Wildman–Crippen MR) is 118 cm³/mol. The first-order chi connectivity index (χ1) is 14.5. The monoisotopic (exact) mass is 451 g/mol. The predicted octanol–water partition coefficient (Wildman–Crippen LogP) is 1.71. The molecule has 10 heteroatoms. The molecule has 0 unspecified atom stereocenters. The fourth-order valence-corrected chi connectivity index (χ4v) is 7.84. The van der Waals surface area contributed by atoms with Gasteiger partial charge >= 0.3 is 0 Å². The summed E-state index contributed by atoms with van der Waals surface area (Å²) in [5.41, 5.74) is 1.17. The average Bonchev–Trinajstić information content (AvgIpc) is 3.18. The Bertz CT molecular complexity index is 1080.